The molecule has 0 aromatic carbocycles. The van der Waals surface area contributed by atoms with Crippen LogP contribution < -0.4 is 10.6 Å². The Balaban J connectivity index is 2.09. The molecule has 1 fully saturated rings. The van der Waals surface area contributed by atoms with E-state index in [1.165, 1.54) is 12.8 Å². The maximum atomic E-state index is 11.4. The number of rotatable bonds is 9. The lowest BCUT2D eigenvalue weighted by molar-refractivity contribution is -0.120. The SMILES string of the molecule is C=CCNCC(=O)NCC1(CCOC)CC1. The van der Waals surface area contributed by atoms with Crippen LogP contribution in [0.2, 0.25) is 0 Å². The van der Waals surface area contributed by atoms with Crippen molar-refractivity contribution in [2.45, 2.75) is 19.3 Å². The largest absolute Gasteiger partial charge is 0.385 e. The van der Waals surface area contributed by atoms with Crippen molar-refractivity contribution >= 4 is 5.91 Å². The van der Waals surface area contributed by atoms with Crippen molar-refractivity contribution in [3.05, 3.63) is 12.7 Å². The molecule has 16 heavy (non-hydrogen) atoms. The molecule has 0 unspecified atom stereocenters. The molecule has 2 N–H and O–H groups in total. The molecule has 0 aromatic heterocycles. The Bertz CT molecular complexity index is 237. The van der Waals surface area contributed by atoms with Crippen LogP contribution in [0.25, 0.3) is 0 Å². The summed E-state index contributed by atoms with van der Waals surface area (Å²) in [5.74, 6) is 0.0607. The second-order valence-electron chi connectivity index (χ2n) is 4.44. The fourth-order valence-electron chi connectivity index (χ4n) is 1.65. The van der Waals surface area contributed by atoms with E-state index in [-0.39, 0.29) is 5.91 Å². The van der Waals surface area contributed by atoms with E-state index in [1.807, 2.05) is 0 Å². The Morgan fingerprint density at radius 3 is 2.88 bits per heavy atom. The van der Waals surface area contributed by atoms with Crippen LogP contribution in [-0.4, -0.2) is 39.3 Å². The topological polar surface area (TPSA) is 50.4 Å². The van der Waals surface area contributed by atoms with Gasteiger partial charge >= 0.3 is 0 Å². The van der Waals surface area contributed by atoms with Gasteiger partial charge in [0, 0.05) is 26.8 Å². The molecular formula is C12H22N2O2. The maximum Gasteiger partial charge on any atom is 0.233 e. The summed E-state index contributed by atoms with van der Waals surface area (Å²) in [6.07, 6.45) is 5.20. The van der Waals surface area contributed by atoms with Gasteiger partial charge in [-0.15, -0.1) is 6.58 Å². The van der Waals surface area contributed by atoms with Gasteiger partial charge in [-0.2, -0.15) is 0 Å². The van der Waals surface area contributed by atoms with E-state index >= 15 is 0 Å². The maximum absolute atomic E-state index is 11.4. The van der Waals surface area contributed by atoms with E-state index in [4.69, 9.17) is 4.74 Å². The normalized spacial score (nSPS) is 16.8. The van der Waals surface area contributed by atoms with Gasteiger partial charge in [-0.05, 0) is 24.7 Å². The zero-order valence-electron chi connectivity index (χ0n) is 10.1. The zero-order chi connectivity index (χ0) is 11.9. The summed E-state index contributed by atoms with van der Waals surface area (Å²) in [5, 5.41) is 5.94. The fraction of sp³-hybridized carbons (Fsp3) is 0.750. The van der Waals surface area contributed by atoms with E-state index in [0.717, 1.165) is 19.6 Å². The van der Waals surface area contributed by atoms with Crippen LogP contribution in [0.1, 0.15) is 19.3 Å². The van der Waals surface area contributed by atoms with Crippen LogP contribution in [0.15, 0.2) is 12.7 Å². The third-order valence-corrected chi connectivity index (χ3v) is 3.03. The average molecular weight is 226 g/mol. The molecule has 0 aromatic rings. The van der Waals surface area contributed by atoms with Crippen molar-refractivity contribution in [2.75, 3.05) is 33.4 Å². The van der Waals surface area contributed by atoms with Crippen LogP contribution >= 0.6 is 0 Å². The van der Waals surface area contributed by atoms with Gasteiger partial charge in [-0.3, -0.25) is 4.79 Å². The van der Waals surface area contributed by atoms with Crippen LogP contribution in [0.4, 0.5) is 0 Å². The van der Waals surface area contributed by atoms with Crippen molar-refractivity contribution in [2.24, 2.45) is 5.41 Å². The molecule has 0 radical (unpaired) electrons. The van der Waals surface area contributed by atoms with Crippen LogP contribution in [0.3, 0.4) is 0 Å². The smallest absolute Gasteiger partial charge is 0.233 e. The fourth-order valence-corrected chi connectivity index (χ4v) is 1.65. The molecule has 1 rings (SSSR count). The first kappa shape index (κ1) is 13.2. The molecular weight excluding hydrogens is 204 g/mol. The summed E-state index contributed by atoms with van der Waals surface area (Å²) in [5.41, 5.74) is 0.324. The first-order chi connectivity index (χ1) is 7.72. The van der Waals surface area contributed by atoms with E-state index in [9.17, 15) is 4.79 Å². The molecule has 0 spiro atoms. The minimum atomic E-state index is 0.0607. The van der Waals surface area contributed by atoms with Crippen LogP contribution in [0, 0.1) is 5.41 Å². The number of ether oxygens (including phenoxy) is 1. The Labute approximate surface area is 97.4 Å². The lowest BCUT2D eigenvalue weighted by Gasteiger charge is -2.15. The summed E-state index contributed by atoms with van der Waals surface area (Å²) in [7, 11) is 1.72. The molecule has 4 heteroatoms. The Morgan fingerprint density at radius 2 is 2.31 bits per heavy atom. The van der Waals surface area contributed by atoms with Gasteiger partial charge in [0.15, 0.2) is 0 Å². The first-order valence-electron chi connectivity index (χ1n) is 5.80. The summed E-state index contributed by atoms with van der Waals surface area (Å²) in [4.78, 5) is 11.4. The van der Waals surface area contributed by atoms with Crippen molar-refractivity contribution in [3.8, 4) is 0 Å². The lowest BCUT2D eigenvalue weighted by Crippen LogP contribution is -2.37. The Hall–Kier alpha value is -0.870. The highest BCUT2D eigenvalue weighted by molar-refractivity contribution is 5.78. The van der Waals surface area contributed by atoms with Crippen molar-refractivity contribution in [1.82, 2.24) is 10.6 Å². The number of nitrogens with one attached hydrogen (secondary N) is 2. The molecule has 92 valence electrons. The Kier molecular flexibility index (Phi) is 5.49. The molecule has 1 aliphatic carbocycles. The zero-order valence-corrected chi connectivity index (χ0v) is 10.1. The molecule has 1 saturated carbocycles. The lowest BCUT2D eigenvalue weighted by atomic mass is 10.0. The molecule has 0 heterocycles. The predicted molar refractivity (Wildman–Crippen MR) is 64.2 cm³/mol. The number of hydrogen-bond acceptors (Lipinski definition) is 3. The molecule has 0 saturated heterocycles. The van der Waals surface area contributed by atoms with Crippen LogP contribution in [0.5, 0.6) is 0 Å². The second-order valence-corrected chi connectivity index (χ2v) is 4.44. The molecule has 4 nitrogen and oxygen atoms in total. The van der Waals surface area contributed by atoms with Gasteiger partial charge in [0.1, 0.15) is 0 Å². The minimum Gasteiger partial charge on any atom is -0.385 e. The molecule has 0 aliphatic heterocycles. The molecule has 0 bridgehead atoms. The summed E-state index contributed by atoms with van der Waals surface area (Å²) in [6.45, 7) is 6.18. The number of carbonyl (C=O) groups is 1. The predicted octanol–water partition coefficient (Wildman–Crippen LogP) is 0.695. The van der Waals surface area contributed by atoms with Crippen LogP contribution in [-0.2, 0) is 9.53 Å². The highest BCUT2D eigenvalue weighted by Crippen LogP contribution is 2.48. The minimum absolute atomic E-state index is 0.0607. The number of hydrogen-bond donors (Lipinski definition) is 2. The van der Waals surface area contributed by atoms with E-state index in [0.29, 0.717) is 18.5 Å². The van der Waals surface area contributed by atoms with Gasteiger partial charge in [0.05, 0.1) is 6.54 Å². The summed E-state index contributed by atoms with van der Waals surface area (Å²) in [6, 6.07) is 0. The first-order valence-corrected chi connectivity index (χ1v) is 5.80. The molecule has 0 atom stereocenters. The highest BCUT2D eigenvalue weighted by Gasteiger charge is 2.41. The van der Waals surface area contributed by atoms with E-state index < -0.39 is 0 Å². The number of carbonyl (C=O) groups excluding carboxylic acids is 1. The monoisotopic (exact) mass is 226 g/mol. The Morgan fingerprint density at radius 1 is 1.56 bits per heavy atom. The standard InChI is InChI=1S/C12H22N2O2/c1-3-7-13-9-11(15)14-10-12(4-5-12)6-8-16-2/h3,13H,1,4-10H2,2H3,(H,14,15). The van der Waals surface area contributed by atoms with Gasteiger partial charge in [-0.25, -0.2) is 0 Å². The van der Waals surface area contributed by atoms with Crippen molar-refractivity contribution < 1.29 is 9.53 Å². The van der Waals surface area contributed by atoms with E-state index in [2.05, 4.69) is 17.2 Å². The number of methoxy groups -OCH3 is 1. The van der Waals surface area contributed by atoms with Gasteiger partial charge in [0.25, 0.3) is 0 Å². The summed E-state index contributed by atoms with van der Waals surface area (Å²) >= 11 is 0. The summed E-state index contributed by atoms with van der Waals surface area (Å²) < 4.78 is 5.07. The van der Waals surface area contributed by atoms with Gasteiger partial charge in [-0.1, -0.05) is 6.08 Å². The van der Waals surface area contributed by atoms with E-state index in [1.54, 1.807) is 13.2 Å². The number of amides is 1. The van der Waals surface area contributed by atoms with Crippen molar-refractivity contribution in [1.29, 1.82) is 0 Å². The van der Waals surface area contributed by atoms with Gasteiger partial charge in [0.2, 0.25) is 5.91 Å². The quantitative estimate of drug-likeness (QED) is 0.449. The average Bonchev–Trinajstić information content (AvgIpc) is 3.05. The highest BCUT2D eigenvalue weighted by atomic mass is 16.5. The third kappa shape index (κ3) is 4.77. The second kappa shape index (κ2) is 6.66. The third-order valence-electron chi connectivity index (χ3n) is 3.03. The van der Waals surface area contributed by atoms with Crippen molar-refractivity contribution in [3.63, 3.8) is 0 Å². The molecule has 1 amide bonds. The molecule has 1 aliphatic rings. The van der Waals surface area contributed by atoms with Gasteiger partial charge < -0.3 is 15.4 Å².